The van der Waals surface area contributed by atoms with Crippen LogP contribution in [-0.4, -0.2) is 30.0 Å². The van der Waals surface area contributed by atoms with Crippen LogP contribution in [0.5, 0.6) is 0 Å². The summed E-state index contributed by atoms with van der Waals surface area (Å²) in [6.45, 7) is 8.11. The van der Waals surface area contributed by atoms with Gasteiger partial charge in [-0.05, 0) is 31.7 Å². The molecule has 2 N–H and O–H groups in total. The van der Waals surface area contributed by atoms with Gasteiger partial charge in [-0.3, -0.25) is 4.79 Å². The fraction of sp³-hybridized carbons (Fsp3) is 0.692. The summed E-state index contributed by atoms with van der Waals surface area (Å²) in [5, 5.41) is 6.52. The summed E-state index contributed by atoms with van der Waals surface area (Å²) in [5.41, 5.74) is 2.77. The lowest BCUT2D eigenvalue weighted by molar-refractivity contribution is 0.0932. The van der Waals surface area contributed by atoms with Gasteiger partial charge < -0.3 is 10.6 Å². The largest absolute Gasteiger partial charge is 0.350 e. The first-order valence-electron chi connectivity index (χ1n) is 6.42. The first-order chi connectivity index (χ1) is 8.50. The van der Waals surface area contributed by atoms with Crippen LogP contribution in [0, 0.1) is 12.3 Å². The van der Waals surface area contributed by atoms with Crippen molar-refractivity contribution in [1.29, 1.82) is 0 Å². The van der Waals surface area contributed by atoms with Crippen LogP contribution in [0.4, 0.5) is 0 Å². The second-order valence-corrected chi connectivity index (χ2v) is 6.43. The zero-order valence-electron chi connectivity index (χ0n) is 11.2. The highest BCUT2D eigenvalue weighted by atomic mass is 32.1. The maximum atomic E-state index is 12.0. The van der Waals surface area contributed by atoms with Gasteiger partial charge in [-0.2, -0.15) is 0 Å². The van der Waals surface area contributed by atoms with Crippen LogP contribution in [0.2, 0.25) is 0 Å². The minimum atomic E-state index is -0.00169. The van der Waals surface area contributed by atoms with E-state index in [-0.39, 0.29) is 11.3 Å². The van der Waals surface area contributed by atoms with E-state index < -0.39 is 0 Å². The monoisotopic (exact) mass is 267 g/mol. The fourth-order valence-electron chi connectivity index (χ4n) is 2.41. The first kappa shape index (κ1) is 13.5. The summed E-state index contributed by atoms with van der Waals surface area (Å²) in [7, 11) is 0. The molecule has 0 aliphatic carbocycles. The highest BCUT2D eigenvalue weighted by molar-refractivity contribution is 7.11. The molecule has 0 spiro atoms. The Balaban J connectivity index is 1.91. The van der Waals surface area contributed by atoms with E-state index in [1.54, 1.807) is 5.51 Å². The lowest BCUT2D eigenvalue weighted by Crippen LogP contribution is -2.52. The lowest BCUT2D eigenvalue weighted by atomic mass is 9.77. The molecule has 4 nitrogen and oxygen atoms in total. The molecule has 1 aliphatic heterocycles. The number of hydrogen-bond donors (Lipinski definition) is 2. The smallest absolute Gasteiger partial charge is 0.263 e. The third-order valence-corrected chi connectivity index (χ3v) is 4.68. The molecule has 0 bridgehead atoms. The van der Waals surface area contributed by atoms with E-state index in [4.69, 9.17) is 0 Å². The number of nitrogens with zero attached hydrogens (tertiary/aromatic N) is 1. The summed E-state index contributed by atoms with van der Waals surface area (Å²) in [6, 6.07) is 0.350. The normalized spacial score (nSPS) is 22.7. The van der Waals surface area contributed by atoms with E-state index in [1.807, 2.05) is 6.92 Å². The highest BCUT2D eigenvalue weighted by Crippen LogP contribution is 2.29. The standard InChI is InChI=1S/C13H21N3OS/c1-9-11(18-8-16-9)12(17)15-7-10-13(2,3)5-4-6-14-10/h8,10,14H,4-7H2,1-3H3,(H,15,17). The number of carbonyl (C=O) groups excluding carboxylic acids is 1. The van der Waals surface area contributed by atoms with Gasteiger partial charge in [0.25, 0.3) is 5.91 Å². The Morgan fingerprint density at radius 1 is 1.67 bits per heavy atom. The average Bonchev–Trinajstić information content (AvgIpc) is 2.73. The number of hydrogen-bond acceptors (Lipinski definition) is 4. The van der Waals surface area contributed by atoms with Crippen LogP contribution in [0.15, 0.2) is 5.51 Å². The van der Waals surface area contributed by atoms with E-state index in [9.17, 15) is 4.79 Å². The van der Waals surface area contributed by atoms with Gasteiger partial charge in [0.05, 0.1) is 11.2 Å². The van der Waals surface area contributed by atoms with Crippen molar-refractivity contribution < 1.29 is 4.79 Å². The van der Waals surface area contributed by atoms with E-state index in [1.165, 1.54) is 24.2 Å². The van der Waals surface area contributed by atoms with Crippen molar-refractivity contribution in [2.45, 2.75) is 39.7 Å². The molecule has 0 aromatic carbocycles. The molecule has 2 heterocycles. The number of aromatic nitrogens is 1. The topological polar surface area (TPSA) is 54.0 Å². The summed E-state index contributed by atoms with van der Waals surface area (Å²) >= 11 is 1.40. The summed E-state index contributed by atoms with van der Waals surface area (Å²) in [4.78, 5) is 16.8. The van der Waals surface area contributed by atoms with Crippen LogP contribution in [0.25, 0.3) is 0 Å². The van der Waals surface area contributed by atoms with Crippen molar-refractivity contribution in [3.05, 3.63) is 16.1 Å². The number of amides is 1. The molecule has 1 saturated heterocycles. The number of rotatable bonds is 3. The molecule has 1 amide bonds. The Bertz CT molecular complexity index is 428. The number of thiazole rings is 1. The van der Waals surface area contributed by atoms with Gasteiger partial charge in [-0.25, -0.2) is 4.98 Å². The molecular formula is C13H21N3OS. The summed E-state index contributed by atoms with van der Waals surface area (Å²) < 4.78 is 0. The second-order valence-electron chi connectivity index (χ2n) is 5.58. The molecule has 1 fully saturated rings. The predicted molar refractivity (Wildman–Crippen MR) is 74.0 cm³/mol. The zero-order valence-corrected chi connectivity index (χ0v) is 12.1. The maximum Gasteiger partial charge on any atom is 0.263 e. The quantitative estimate of drug-likeness (QED) is 0.880. The molecule has 1 aromatic rings. The van der Waals surface area contributed by atoms with Crippen molar-refractivity contribution in [2.75, 3.05) is 13.1 Å². The molecule has 1 aromatic heterocycles. The molecule has 1 aliphatic rings. The number of piperidine rings is 1. The lowest BCUT2D eigenvalue weighted by Gasteiger charge is -2.39. The molecule has 18 heavy (non-hydrogen) atoms. The van der Waals surface area contributed by atoms with Crippen LogP contribution < -0.4 is 10.6 Å². The Labute approximate surface area is 112 Å². The molecular weight excluding hydrogens is 246 g/mol. The third kappa shape index (κ3) is 2.90. The maximum absolute atomic E-state index is 12.0. The van der Waals surface area contributed by atoms with Crippen LogP contribution in [0.3, 0.4) is 0 Å². The summed E-state index contributed by atoms with van der Waals surface area (Å²) in [5.74, 6) is -0.00169. The van der Waals surface area contributed by atoms with Crippen molar-refractivity contribution in [2.24, 2.45) is 5.41 Å². The van der Waals surface area contributed by atoms with Gasteiger partial charge >= 0.3 is 0 Å². The minimum absolute atomic E-state index is 0.00169. The average molecular weight is 267 g/mol. The van der Waals surface area contributed by atoms with Gasteiger partial charge in [-0.1, -0.05) is 13.8 Å². The van der Waals surface area contributed by atoms with Gasteiger partial charge in [0, 0.05) is 12.6 Å². The SMILES string of the molecule is Cc1ncsc1C(=O)NCC1NCCCC1(C)C. The second kappa shape index (κ2) is 5.36. The van der Waals surface area contributed by atoms with Crippen molar-refractivity contribution >= 4 is 17.2 Å². The zero-order chi connectivity index (χ0) is 13.2. The fourth-order valence-corrected chi connectivity index (χ4v) is 3.13. The van der Waals surface area contributed by atoms with E-state index in [0.717, 1.165) is 17.1 Å². The first-order valence-corrected chi connectivity index (χ1v) is 7.30. The van der Waals surface area contributed by atoms with Crippen molar-refractivity contribution in [3.63, 3.8) is 0 Å². The molecule has 1 unspecified atom stereocenters. The predicted octanol–water partition coefficient (Wildman–Crippen LogP) is 1.96. The van der Waals surface area contributed by atoms with Gasteiger partial charge in [0.2, 0.25) is 0 Å². The molecule has 1 atom stereocenters. The van der Waals surface area contributed by atoms with Gasteiger partial charge in [0.15, 0.2) is 0 Å². The number of carbonyl (C=O) groups is 1. The van der Waals surface area contributed by atoms with Gasteiger partial charge in [0.1, 0.15) is 4.88 Å². The number of aryl methyl sites for hydroxylation is 1. The van der Waals surface area contributed by atoms with Crippen LogP contribution in [-0.2, 0) is 0 Å². The molecule has 5 heteroatoms. The van der Waals surface area contributed by atoms with Crippen LogP contribution >= 0.6 is 11.3 Å². The van der Waals surface area contributed by atoms with Crippen LogP contribution in [0.1, 0.15) is 42.1 Å². The van der Waals surface area contributed by atoms with E-state index in [0.29, 0.717) is 12.6 Å². The van der Waals surface area contributed by atoms with Crippen molar-refractivity contribution in [1.82, 2.24) is 15.6 Å². The Morgan fingerprint density at radius 3 is 3.06 bits per heavy atom. The third-order valence-electron chi connectivity index (χ3n) is 3.75. The highest BCUT2D eigenvalue weighted by Gasteiger charge is 2.32. The molecule has 0 radical (unpaired) electrons. The molecule has 0 saturated carbocycles. The van der Waals surface area contributed by atoms with Gasteiger partial charge in [-0.15, -0.1) is 11.3 Å². The summed E-state index contributed by atoms with van der Waals surface area (Å²) in [6.07, 6.45) is 2.42. The van der Waals surface area contributed by atoms with Crippen molar-refractivity contribution in [3.8, 4) is 0 Å². The number of nitrogens with one attached hydrogen (secondary N) is 2. The van der Waals surface area contributed by atoms with E-state index in [2.05, 4.69) is 29.5 Å². The van der Waals surface area contributed by atoms with E-state index >= 15 is 0 Å². The Kier molecular flexibility index (Phi) is 4.02. The molecule has 100 valence electrons. The molecule has 2 rings (SSSR count). The minimum Gasteiger partial charge on any atom is -0.350 e. The Morgan fingerprint density at radius 2 is 2.44 bits per heavy atom. The Hall–Kier alpha value is -0.940.